The molecule has 1 aromatic rings. The smallest absolute Gasteiger partial charge is 0.289 e. The molecule has 1 aromatic heterocycles. The number of rotatable bonds is 13. The molecule has 0 bridgehead atoms. The normalized spacial score (nSPS) is 24.2. The molecule has 1 saturated heterocycles. The van der Waals surface area contributed by atoms with Gasteiger partial charge in [-0.3, -0.25) is 33.8 Å². The summed E-state index contributed by atoms with van der Waals surface area (Å²) in [6, 6.07) is -3.68. The van der Waals surface area contributed by atoms with Crippen molar-refractivity contribution in [2.24, 2.45) is 23.2 Å². The predicted octanol–water partition coefficient (Wildman–Crippen LogP) is 2.45. The Morgan fingerprint density at radius 3 is 2.27 bits per heavy atom. The highest BCUT2D eigenvalue weighted by molar-refractivity contribution is 6.38. The topological polar surface area (TPSA) is 180 Å². The Balaban J connectivity index is 1.36. The second-order valence-electron chi connectivity index (χ2n) is 15.5. The van der Waals surface area contributed by atoms with Gasteiger partial charge in [-0.2, -0.15) is 0 Å². The lowest BCUT2D eigenvalue weighted by molar-refractivity contribution is -0.146. The lowest BCUT2D eigenvalue weighted by Crippen LogP contribution is -2.62. The average Bonchev–Trinajstić information content (AvgIpc) is 3.65. The van der Waals surface area contributed by atoms with E-state index < -0.39 is 59.0 Å². The molecule has 3 saturated carbocycles. The first-order valence-corrected chi connectivity index (χ1v) is 18.2. The van der Waals surface area contributed by atoms with Crippen LogP contribution in [0.5, 0.6) is 0 Å². The number of carbonyl (C=O) groups excluding carboxylic acids is 6. The second kappa shape index (κ2) is 15.8. The quantitative estimate of drug-likeness (QED) is 0.230. The fourth-order valence-corrected chi connectivity index (χ4v) is 7.87. The van der Waals surface area contributed by atoms with E-state index in [-0.39, 0.29) is 35.4 Å². The van der Waals surface area contributed by atoms with Crippen molar-refractivity contribution in [3.8, 4) is 0 Å². The van der Waals surface area contributed by atoms with Crippen molar-refractivity contribution in [1.29, 1.82) is 0 Å². The van der Waals surface area contributed by atoms with Crippen LogP contribution in [-0.4, -0.2) is 86.9 Å². The third-order valence-corrected chi connectivity index (χ3v) is 10.7. The van der Waals surface area contributed by atoms with E-state index in [0.717, 1.165) is 64.2 Å². The molecule has 268 valence electrons. The van der Waals surface area contributed by atoms with E-state index in [4.69, 9.17) is 0 Å². The first-order chi connectivity index (χ1) is 23.4. The van der Waals surface area contributed by atoms with E-state index in [1.807, 2.05) is 27.7 Å². The van der Waals surface area contributed by atoms with Gasteiger partial charge in [-0.05, 0) is 68.1 Å². The molecule has 5 rings (SSSR count). The molecule has 6 atom stereocenters. The molecule has 0 aromatic carbocycles. The van der Waals surface area contributed by atoms with Crippen LogP contribution in [-0.2, 0) is 24.0 Å². The summed E-state index contributed by atoms with van der Waals surface area (Å²) in [5.41, 5.74) is -0.638. The maximum atomic E-state index is 14.6. The minimum Gasteiger partial charge on any atom is -0.347 e. The SMILES string of the molecule is CCC[C@H](NC(=O)[C@@H]1C2CCC[C@H]2CN1C(=O)[C@@H](NC(=O)[C@H](NC(=O)c1cnccn1)C1CCCCC1)C(C)(C)C)C(=O)C(=O)NC1CC1. The largest absolute Gasteiger partial charge is 0.347 e. The van der Waals surface area contributed by atoms with Gasteiger partial charge < -0.3 is 26.2 Å². The second-order valence-corrected chi connectivity index (χ2v) is 15.5. The van der Waals surface area contributed by atoms with Crippen LogP contribution in [0.2, 0.25) is 0 Å². The Hall–Kier alpha value is -3.90. The van der Waals surface area contributed by atoms with Crippen LogP contribution < -0.4 is 21.3 Å². The van der Waals surface area contributed by atoms with Gasteiger partial charge in [0.25, 0.3) is 11.8 Å². The number of Topliss-reactive ketones (excluding diaryl/α,β-unsaturated/α-hetero) is 1. The molecular formula is C36H53N7O6. The third kappa shape index (κ3) is 8.83. The van der Waals surface area contributed by atoms with E-state index in [2.05, 4.69) is 31.2 Å². The van der Waals surface area contributed by atoms with E-state index in [1.54, 1.807) is 4.90 Å². The van der Waals surface area contributed by atoms with Gasteiger partial charge in [0, 0.05) is 25.0 Å². The summed E-state index contributed by atoms with van der Waals surface area (Å²) in [6.45, 7) is 7.85. The molecule has 13 nitrogen and oxygen atoms in total. The summed E-state index contributed by atoms with van der Waals surface area (Å²) >= 11 is 0. The number of amides is 5. The van der Waals surface area contributed by atoms with Crippen molar-refractivity contribution in [3.63, 3.8) is 0 Å². The van der Waals surface area contributed by atoms with Crippen molar-refractivity contribution in [1.82, 2.24) is 36.1 Å². The number of hydrogen-bond acceptors (Lipinski definition) is 8. The number of ketones is 1. The summed E-state index contributed by atoms with van der Waals surface area (Å²) in [4.78, 5) is 91.4. The van der Waals surface area contributed by atoms with E-state index in [1.165, 1.54) is 18.6 Å². The van der Waals surface area contributed by atoms with Crippen molar-refractivity contribution < 1.29 is 28.8 Å². The lowest BCUT2D eigenvalue weighted by Gasteiger charge is -2.38. The van der Waals surface area contributed by atoms with E-state index in [0.29, 0.717) is 19.4 Å². The Labute approximate surface area is 288 Å². The molecular weight excluding hydrogens is 626 g/mol. The zero-order valence-electron chi connectivity index (χ0n) is 29.3. The Kier molecular flexibility index (Phi) is 11.7. The van der Waals surface area contributed by atoms with Gasteiger partial charge in [-0.15, -0.1) is 0 Å². The number of fused-ring (bicyclic) bond motifs is 1. The van der Waals surface area contributed by atoms with Crippen molar-refractivity contribution in [2.45, 2.75) is 135 Å². The number of hydrogen-bond donors (Lipinski definition) is 4. The number of likely N-dealkylation sites (tertiary alicyclic amines) is 1. The lowest BCUT2D eigenvalue weighted by atomic mass is 9.82. The van der Waals surface area contributed by atoms with Crippen LogP contribution in [0.4, 0.5) is 0 Å². The van der Waals surface area contributed by atoms with E-state index in [9.17, 15) is 28.8 Å². The predicted molar refractivity (Wildman–Crippen MR) is 181 cm³/mol. The molecule has 4 fully saturated rings. The molecule has 5 amide bonds. The number of aromatic nitrogens is 2. The summed E-state index contributed by atoms with van der Waals surface area (Å²) in [5, 5.41) is 11.5. The van der Waals surface area contributed by atoms with Gasteiger partial charge in [0.05, 0.1) is 12.2 Å². The zero-order chi connectivity index (χ0) is 35.3. The van der Waals surface area contributed by atoms with Crippen molar-refractivity contribution >= 4 is 35.3 Å². The van der Waals surface area contributed by atoms with Gasteiger partial charge in [0.1, 0.15) is 23.8 Å². The molecule has 0 spiro atoms. The van der Waals surface area contributed by atoms with Gasteiger partial charge in [0.2, 0.25) is 23.5 Å². The maximum Gasteiger partial charge on any atom is 0.289 e. The highest BCUT2D eigenvalue weighted by atomic mass is 16.2. The molecule has 2 heterocycles. The van der Waals surface area contributed by atoms with E-state index >= 15 is 0 Å². The third-order valence-electron chi connectivity index (χ3n) is 10.7. The zero-order valence-corrected chi connectivity index (χ0v) is 29.3. The standard InChI is InChI=1S/C36H53N7O6/c1-5-10-25(29(44)34(48)39-23-15-16-23)40-33(47)28-24-14-9-13-22(24)20-43(28)35(49)30(36(2,3)4)42-32(46)27(21-11-7-6-8-12-21)41-31(45)26-19-37-17-18-38-26/h17-19,21-25,27-28,30H,5-16,20H2,1-4H3,(H,39,48)(H,40,47)(H,41,45)(H,42,46)/t22-,24?,25-,27+,28-,30+/m0/s1. The molecule has 4 N–H and O–H groups in total. The first-order valence-electron chi connectivity index (χ1n) is 18.2. The highest BCUT2D eigenvalue weighted by Crippen LogP contribution is 2.43. The van der Waals surface area contributed by atoms with Crippen LogP contribution in [0, 0.1) is 23.2 Å². The van der Waals surface area contributed by atoms with Gasteiger partial charge in [-0.1, -0.05) is 59.8 Å². The summed E-state index contributed by atoms with van der Waals surface area (Å²) in [6.07, 6.45) is 13.9. The fourth-order valence-electron chi connectivity index (χ4n) is 7.87. The molecule has 3 aliphatic carbocycles. The van der Waals surface area contributed by atoms with Crippen LogP contribution in [0.3, 0.4) is 0 Å². The highest BCUT2D eigenvalue weighted by Gasteiger charge is 2.52. The van der Waals surface area contributed by atoms with Gasteiger partial charge in [0.15, 0.2) is 0 Å². The van der Waals surface area contributed by atoms with Gasteiger partial charge >= 0.3 is 0 Å². The van der Waals surface area contributed by atoms with Crippen molar-refractivity contribution in [2.75, 3.05) is 6.54 Å². The summed E-state index contributed by atoms with van der Waals surface area (Å²) < 4.78 is 0. The van der Waals surface area contributed by atoms with Crippen LogP contribution in [0.15, 0.2) is 18.6 Å². The average molecular weight is 680 g/mol. The number of nitrogens with one attached hydrogen (secondary N) is 4. The molecule has 4 aliphatic rings. The summed E-state index contributed by atoms with van der Waals surface area (Å²) in [5.74, 6) is -3.20. The monoisotopic (exact) mass is 679 g/mol. The number of nitrogens with zero attached hydrogens (tertiary/aromatic N) is 3. The molecule has 1 unspecified atom stereocenters. The van der Waals surface area contributed by atoms with Crippen LogP contribution in [0.25, 0.3) is 0 Å². The minimum absolute atomic E-state index is 0.0132. The molecule has 49 heavy (non-hydrogen) atoms. The molecule has 13 heteroatoms. The summed E-state index contributed by atoms with van der Waals surface area (Å²) in [7, 11) is 0. The number of carbonyl (C=O) groups is 6. The van der Waals surface area contributed by atoms with Crippen molar-refractivity contribution in [3.05, 3.63) is 24.3 Å². The maximum absolute atomic E-state index is 14.6. The van der Waals surface area contributed by atoms with Crippen LogP contribution >= 0.6 is 0 Å². The fraction of sp³-hybridized carbons (Fsp3) is 0.722. The molecule has 0 radical (unpaired) electrons. The Bertz CT molecular complexity index is 1390. The molecule has 1 aliphatic heterocycles. The van der Waals surface area contributed by atoms with Gasteiger partial charge in [-0.25, -0.2) is 4.98 Å². The van der Waals surface area contributed by atoms with Crippen LogP contribution in [0.1, 0.15) is 115 Å². The minimum atomic E-state index is -0.994. The Morgan fingerprint density at radius 2 is 1.63 bits per heavy atom. The Morgan fingerprint density at radius 1 is 0.898 bits per heavy atom. The first kappa shape index (κ1) is 36.4.